The first-order valence-corrected chi connectivity index (χ1v) is 6.17. The number of aromatic nitrogens is 1. The van der Waals surface area contributed by atoms with Crippen LogP contribution < -0.4 is 11.1 Å². The highest BCUT2D eigenvalue weighted by molar-refractivity contribution is 5.14. The summed E-state index contributed by atoms with van der Waals surface area (Å²) in [6.07, 6.45) is 8.49. The van der Waals surface area contributed by atoms with Gasteiger partial charge < -0.3 is 11.1 Å². The third-order valence-electron chi connectivity index (χ3n) is 3.41. The molecule has 1 aromatic rings. The molecule has 1 aliphatic rings. The van der Waals surface area contributed by atoms with Gasteiger partial charge in [-0.2, -0.15) is 0 Å². The van der Waals surface area contributed by atoms with E-state index in [2.05, 4.69) is 29.4 Å². The Balaban J connectivity index is 1.89. The van der Waals surface area contributed by atoms with Crippen LogP contribution in [0.25, 0.3) is 0 Å². The van der Waals surface area contributed by atoms with Gasteiger partial charge in [-0.05, 0) is 43.9 Å². The summed E-state index contributed by atoms with van der Waals surface area (Å²) < 4.78 is 0. The van der Waals surface area contributed by atoms with Gasteiger partial charge in [0.1, 0.15) is 0 Å². The summed E-state index contributed by atoms with van der Waals surface area (Å²) in [6.45, 7) is 2.20. The lowest BCUT2D eigenvalue weighted by atomic mass is 9.91. The van der Waals surface area contributed by atoms with Crippen LogP contribution in [0.5, 0.6) is 0 Å². The molecule has 0 bridgehead atoms. The topological polar surface area (TPSA) is 50.9 Å². The van der Waals surface area contributed by atoms with Crippen molar-refractivity contribution in [3.05, 3.63) is 30.1 Å². The molecule has 88 valence electrons. The number of hydrogen-bond donors (Lipinski definition) is 2. The van der Waals surface area contributed by atoms with Crippen LogP contribution in [-0.2, 0) is 0 Å². The van der Waals surface area contributed by atoms with E-state index in [0.717, 1.165) is 6.42 Å². The van der Waals surface area contributed by atoms with Gasteiger partial charge in [0, 0.05) is 30.5 Å². The third-order valence-corrected chi connectivity index (χ3v) is 3.41. The van der Waals surface area contributed by atoms with E-state index in [1.54, 1.807) is 0 Å². The van der Waals surface area contributed by atoms with Crippen LogP contribution in [0.4, 0.5) is 0 Å². The van der Waals surface area contributed by atoms with Gasteiger partial charge in [0.2, 0.25) is 0 Å². The highest BCUT2D eigenvalue weighted by atomic mass is 15.0. The molecule has 1 aliphatic carbocycles. The van der Waals surface area contributed by atoms with Crippen LogP contribution in [-0.4, -0.2) is 17.1 Å². The molecular weight excluding hydrogens is 198 g/mol. The number of pyridine rings is 1. The van der Waals surface area contributed by atoms with E-state index in [1.807, 2.05) is 12.4 Å². The minimum absolute atomic E-state index is 0.385. The van der Waals surface area contributed by atoms with Crippen LogP contribution in [0.2, 0.25) is 0 Å². The van der Waals surface area contributed by atoms with E-state index in [-0.39, 0.29) is 0 Å². The maximum atomic E-state index is 5.99. The summed E-state index contributed by atoms with van der Waals surface area (Å²) in [4.78, 5) is 4.04. The summed E-state index contributed by atoms with van der Waals surface area (Å²) in [5.41, 5.74) is 7.29. The predicted octanol–water partition coefficient (Wildman–Crippen LogP) is 2.00. The third kappa shape index (κ3) is 3.03. The second-order valence-electron chi connectivity index (χ2n) is 4.79. The fourth-order valence-electron chi connectivity index (χ4n) is 2.48. The lowest BCUT2D eigenvalue weighted by Crippen LogP contribution is -2.40. The Labute approximate surface area is 97.5 Å². The van der Waals surface area contributed by atoms with Crippen molar-refractivity contribution in [2.45, 2.75) is 50.7 Å². The zero-order valence-electron chi connectivity index (χ0n) is 9.89. The number of hydrogen-bond acceptors (Lipinski definition) is 3. The van der Waals surface area contributed by atoms with Crippen molar-refractivity contribution in [1.82, 2.24) is 10.3 Å². The highest BCUT2D eigenvalue weighted by Gasteiger charge is 2.20. The van der Waals surface area contributed by atoms with Gasteiger partial charge in [-0.1, -0.05) is 6.42 Å². The Morgan fingerprint density at radius 3 is 2.81 bits per heavy atom. The summed E-state index contributed by atoms with van der Waals surface area (Å²) >= 11 is 0. The van der Waals surface area contributed by atoms with Crippen molar-refractivity contribution >= 4 is 0 Å². The van der Waals surface area contributed by atoms with Gasteiger partial charge in [-0.15, -0.1) is 0 Å². The second kappa shape index (κ2) is 5.41. The fraction of sp³-hybridized carbons (Fsp3) is 0.615. The lowest BCUT2D eigenvalue weighted by Gasteiger charge is -2.30. The highest BCUT2D eigenvalue weighted by Crippen LogP contribution is 2.20. The standard InChI is InChI=1S/C13H21N3/c1-10(11-5-7-15-8-6-11)16-13-4-2-3-12(14)9-13/h5-8,10,12-13,16H,2-4,9,14H2,1H3/t10-,12?,13?/m0/s1. The van der Waals surface area contributed by atoms with E-state index in [0.29, 0.717) is 18.1 Å². The molecule has 1 aromatic heterocycles. The first-order chi connectivity index (χ1) is 7.75. The quantitative estimate of drug-likeness (QED) is 0.817. The molecule has 1 saturated carbocycles. The summed E-state index contributed by atoms with van der Waals surface area (Å²) in [6, 6.07) is 5.49. The predicted molar refractivity (Wildman–Crippen MR) is 66.0 cm³/mol. The van der Waals surface area contributed by atoms with Gasteiger partial charge in [0.15, 0.2) is 0 Å². The Morgan fingerprint density at radius 2 is 2.12 bits per heavy atom. The molecule has 0 radical (unpaired) electrons. The van der Waals surface area contributed by atoms with Crippen molar-refractivity contribution in [3.63, 3.8) is 0 Å². The normalized spacial score (nSPS) is 27.6. The van der Waals surface area contributed by atoms with Gasteiger partial charge in [0.05, 0.1) is 0 Å². The molecule has 2 rings (SSSR count). The summed E-state index contributed by atoms with van der Waals surface area (Å²) in [7, 11) is 0. The van der Waals surface area contributed by atoms with Crippen LogP contribution in [0.1, 0.15) is 44.2 Å². The molecule has 3 N–H and O–H groups in total. The maximum absolute atomic E-state index is 5.99. The van der Waals surface area contributed by atoms with Gasteiger partial charge in [-0.3, -0.25) is 4.98 Å². The lowest BCUT2D eigenvalue weighted by molar-refractivity contribution is 0.319. The molecule has 0 aliphatic heterocycles. The number of nitrogens with one attached hydrogen (secondary N) is 1. The number of nitrogens with zero attached hydrogens (tertiary/aromatic N) is 1. The Bertz CT molecular complexity index is 312. The van der Waals surface area contributed by atoms with E-state index >= 15 is 0 Å². The fourth-order valence-corrected chi connectivity index (χ4v) is 2.48. The maximum Gasteiger partial charge on any atom is 0.0295 e. The van der Waals surface area contributed by atoms with Crippen LogP contribution >= 0.6 is 0 Å². The van der Waals surface area contributed by atoms with Crippen LogP contribution in [0, 0.1) is 0 Å². The monoisotopic (exact) mass is 219 g/mol. The molecule has 3 atom stereocenters. The second-order valence-corrected chi connectivity index (χ2v) is 4.79. The zero-order chi connectivity index (χ0) is 11.4. The van der Waals surface area contributed by atoms with Crippen molar-refractivity contribution in [2.24, 2.45) is 5.73 Å². The molecule has 3 nitrogen and oxygen atoms in total. The van der Waals surface area contributed by atoms with Crippen molar-refractivity contribution in [1.29, 1.82) is 0 Å². The molecule has 1 fully saturated rings. The van der Waals surface area contributed by atoms with Crippen molar-refractivity contribution in [3.8, 4) is 0 Å². The van der Waals surface area contributed by atoms with Crippen LogP contribution in [0.3, 0.4) is 0 Å². The molecular formula is C13H21N3. The van der Waals surface area contributed by atoms with E-state index in [9.17, 15) is 0 Å². The molecule has 0 aromatic carbocycles. The first kappa shape index (κ1) is 11.6. The number of nitrogens with two attached hydrogens (primary N) is 1. The van der Waals surface area contributed by atoms with Gasteiger partial charge in [0.25, 0.3) is 0 Å². The Morgan fingerprint density at radius 1 is 1.38 bits per heavy atom. The minimum atomic E-state index is 0.385. The van der Waals surface area contributed by atoms with E-state index in [1.165, 1.54) is 24.8 Å². The summed E-state index contributed by atoms with van der Waals surface area (Å²) in [5, 5.41) is 3.66. The average Bonchev–Trinajstić information content (AvgIpc) is 2.30. The minimum Gasteiger partial charge on any atom is -0.328 e. The smallest absolute Gasteiger partial charge is 0.0295 e. The average molecular weight is 219 g/mol. The molecule has 3 heteroatoms. The molecule has 0 amide bonds. The van der Waals surface area contributed by atoms with E-state index in [4.69, 9.17) is 5.73 Å². The molecule has 0 spiro atoms. The van der Waals surface area contributed by atoms with Gasteiger partial charge in [-0.25, -0.2) is 0 Å². The van der Waals surface area contributed by atoms with Crippen molar-refractivity contribution < 1.29 is 0 Å². The number of rotatable bonds is 3. The molecule has 2 unspecified atom stereocenters. The zero-order valence-corrected chi connectivity index (χ0v) is 9.89. The Hall–Kier alpha value is -0.930. The largest absolute Gasteiger partial charge is 0.328 e. The van der Waals surface area contributed by atoms with Crippen molar-refractivity contribution in [2.75, 3.05) is 0 Å². The molecule has 0 saturated heterocycles. The SMILES string of the molecule is C[C@H](NC1CCCC(N)C1)c1ccncc1. The first-order valence-electron chi connectivity index (χ1n) is 6.17. The molecule has 1 heterocycles. The van der Waals surface area contributed by atoms with Gasteiger partial charge >= 0.3 is 0 Å². The Kier molecular flexibility index (Phi) is 3.91. The summed E-state index contributed by atoms with van der Waals surface area (Å²) in [5.74, 6) is 0. The molecule has 16 heavy (non-hydrogen) atoms. The van der Waals surface area contributed by atoms with E-state index < -0.39 is 0 Å². The van der Waals surface area contributed by atoms with Crippen LogP contribution in [0.15, 0.2) is 24.5 Å².